The summed E-state index contributed by atoms with van der Waals surface area (Å²) in [5.74, 6) is -2.90. The molecule has 1 saturated carbocycles. The SMILES string of the molecule is C=CCCCOc1ccc(OC(=O)c2ccc(-c3ccc(C4CCC(C(O)CCC)CC4)c(F)c3F)cc2)cc1F. The number of aliphatic hydroxyl groups excluding tert-OH is 1. The summed E-state index contributed by atoms with van der Waals surface area (Å²) >= 11 is 0. The van der Waals surface area contributed by atoms with Gasteiger partial charge in [0.1, 0.15) is 5.75 Å². The predicted octanol–water partition coefficient (Wildman–Crippen LogP) is 8.77. The van der Waals surface area contributed by atoms with E-state index < -0.39 is 23.4 Å². The average molecular weight is 567 g/mol. The third kappa shape index (κ3) is 7.59. The summed E-state index contributed by atoms with van der Waals surface area (Å²) in [6, 6.07) is 13.1. The molecule has 0 amide bonds. The van der Waals surface area contributed by atoms with Crippen molar-refractivity contribution >= 4 is 5.97 Å². The molecule has 0 aliphatic heterocycles. The molecule has 7 heteroatoms. The van der Waals surface area contributed by atoms with Crippen LogP contribution in [-0.4, -0.2) is 23.8 Å². The topological polar surface area (TPSA) is 55.8 Å². The van der Waals surface area contributed by atoms with Gasteiger partial charge in [-0.2, -0.15) is 0 Å². The summed E-state index contributed by atoms with van der Waals surface area (Å²) in [7, 11) is 0. The van der Waals surface area contributed by atoms with E-state index >= 15 is 8.78 Å². The molecule has 1 fully saturated rings. The van der Waals surface area contributed by atoms with Crippen molar-refractivity contribution in [1.82, 2.24) is 0 Å². The van der Waals surface area contributed by atoms with Gasteiger partial charge in [-0.05, 0) is 92.2 Å². The van der Waals surface area contributed by atoms with Crippen molar-refractivity contribution in [3.05, 3.63) is 95.8 Å². The number of allylic oxidation sites excluding steroid dienone is 1. The van der Waals surface area contributed by atoms with Crippen LogP contribution in [0.3, 0.4) is 0 Å². The Balaban J connectivity index is 1.39. The third-order valence-corrected chi connectivity index (χ3v) is 7.81. The van der Waals surface area contributed by atoms with Crippen molar-refractivity contribution in [3.8, 4) is 22.6 Å². The van der Waals surface area contributed by atoms with E-state index in [0.29, 0.717) is 37.0 Å². The molecule has 1 unspecified atom stereocenters. The quantitative estimate of drug-likeness (QED) is 0.103. The zero-order chi connectivity index (χ0) is 29.4. The number of ether oxygens (including phenoxy) is 2. The van der Waals surface area contributed by atoms with Crippen LogP contribution in [0.25, 0.3) is 11.1 Å². The molecule has 0 bridgehead atoms. The number of unbranched alkanes of at least 4 members (excludes halogenated alkanes) is 1. The molecule has 4 rings (SSSR count). The number of hydrogen-bond acceptors (Lipinski definition) is 4. The van der Waals surface area contributed by atoms with Crippen LogP contribution in [0, 0.1) is 23.4 Å². The first-order valence-electron chi connectivity index (χ1n) is 14.3. The van der Waals surface area contributed by atoms with E-state index in [2.05, 4.69) is 6.58 Å². The zero-order valence-corrected chi connectivity index (χ0v) is 23.4. The maximum Gasteiger partial charge on any atom is 0.343 e. The van der Waals surface area contributed by atoms with Crippen LogP contribution in [0.5, 0.6) is 11.5 Å². The normalized spacial score (nSPS) is 17.6. The Morgan fingerprint density at radius 1 is 1.02 bits per heavy atom. The van der Waals surface area contributed by atoms with Gasteiger partial charge in [-0.1, -0.05) is 43.7 Å². The van der Waals surface area contributed by atoms with Gasteiger partial charge in [-0.3, -0.25) is 0 Å². The number of aliphatic hydroxyl groups is 1. The Kier molecular flexibility index (Phi) is 10.6. The summed E-state index contributed by atoms with van der Waals surface area (Å²) in [5, 5.41) is 10.3. The molecule has 3 aromatic carbocycles. The Hall–Kier alpha value is -3.58. The molecule has 1 aliphatic carbocycles. The highest BCUT2D eigenvalue weighted by Gasteiger charge is 2.29. The first-order chi connectivity index (χ1) is 19.8. The molecule has 0 aromatic heterocycles. The van der Waals surface area contributed by atoms with Gasteiger partial charge in [0.05, 0.1) is 18.3 Å². The van der Waals surface area contributed by atoms with Gasteiger partial charge in [-0.15, -0.1) is 6.58 Å². The minimum atomic E-state index is -0.923. The molecule has 1 N–H and O–H groups in total. The van der Waals surface area contributed by atoms with Crippen LogP contribution >= 0.6 is 0 Å². The van der Waals surface area contributed by atoms with Crippen molar-refractivity contribution in [2.45, 2.75) is 70.3 Å². The molecular weight excluding hydrogens is 529 g/mol. The molecule has 0 spiro atoms. The minimum Gasteiger partial charge on any atom is -0.491 e. The monoisotopic (exact) mass is 566 g/mol. The maximum atomic E-state index is 15.2. The van der Waals surface area contributed by atoms with Gasteiger partial charge < -0.3 is 14.6 Å². The van der Waals surface area contributed by atoms with E-state index in [1.807, 2.05) is 6.92 Å². The highest BCUT2D eigenvalue weighted by atomic mass is 19.2. The predicted molar refractivity (Wildman–Crippen MR) is 154 cm³/mol. The number of rotatable bonds is 12. The minimum absolute atomic E-state index is 0.0210. The number of carbonyl (C=O) groups excluding carboxylic acids is 1. The Morgan fingerprint density at radius 2 is 1.76 bits per heavy atom. The van der Waals surface area contributed by atoms with E-state index in [0.717, 1.165) is 38.2 Å². The van der Waals surface area contributed by atoms with Crippen molar-refractivity contribution in [2.75, 3.05) is 6.61 Å². The number of benzene rings is 3. The molecule has 0 saturated heterocycles. The maximum absolute atomic E-state index is 15.2. The molecular formula is C34H37F3O4. The fourth-order valence-electron chi connectivity index (χ4n) is 5.47. The second kappa shape index (κ2) is 14.4. The van der Waals surface area contributed by atoms with E-state index in [9.17, 15) is 14.3 Å². The number of carbonyl (C=O) groups is 1. The van der Waals surface area contributed by atoms with Crippen molar-refractivity contribution < 1.29 is 32.5 Å². The third-order valence-electron chi connectivity index (χ3n) is 7.81. The van der Waals surface area contributed by atoms with Crippen molar-refractivity contribution in [3.63, 3.8) is 0 Å². The molecule has 0 radical (unpaired) electrons. The van der Waals surface area contributed by atoms with Crippen molar-refractivity contribution in [1.29, 1.82) is 0 Å². The molecule has 41 heavy (non-hydrogen) atoms. The Bertz CT molecular complexity index is 1330. The highest BCUT2D eigenvalue weighted by molar-refractivity contribution is 5.91. The van der Waals surface area contributed by atoms with Gasteiger partial charge in [-0.25, -0.2) is 18.0 Å². The van der Waals surface area contributed by atoms with Gasteiger partial charge in [0.2, 0.25) is 0 Å². The largest absolute Gasteiger partial charge is 0.491 e. The molecule has 4 nitrogen and oxygen atoms in total. The standard InChI is InChI=1S/C34H37F3O4/c1-3-5-6-20-40-31-19-16-26(21-29(31)35)41-34(39)25-14-10-23(11-15-25)28-18-17-27(32(36)33(28)37)22-8-12-24(13-9-22)30(38)7-4-2/h3,10-11,14-19,21-22,24,30,38H,1,4-9,12-13,20H2,2H3. The molecule has 1 aliphatic rings. The lowest BCUT2D eigenvalue weighted by Gasteiger charge is -2.32. The lowest BCUT2D eigenvalue weighted by Crippen LogP contribution is -2.25. The van der Waals surface area contributed by atoms with E-state index in [4.69, 9.17) is 9.47 Å². The second-order valence-corrected chi connectivity index (χ2v) is 10.6. The van der Waals surface area contributed by atoms with Crippen LogP contribution in [0.15, 0.2) is 67.3 Å². The lowest BCUT2D eigenvalue weighted by atomic mass is 9.75. The number of halogens is 3. The molecule has 218 valence electrons. The highest BCUT2D eigenvalue weighted by Crippen LogP contribution is 2.40. The van der Waals surface area contributed by atoms with Crippen LogP contribution < -0.4 is 9.47 Å². The van der Waals surface area contributed by atoms with Gasteiger partial charge in [0, 0.05) is 11.6 Å². The second-order valence-electron chi connectivity index (χ2n) is 10.6. The van der Waals surface area contributed by atoms with Crippen molar-refractivity contribution in [2.24, 2.45) is 5.92 Å². The first-order valence-corrected chi connectivity index (χ1v) is 14.3. The summed E-state index contributed by atoms with van der Waals surface area (Å²) in [4.78, 5) is 12.6. The zero-order valence-electron chi connectivity index (χ0n) is 23.4. The lowest BCUT2D eigenvalue weighted by molar-refractivity contribution is 0.0725. The number of hydrogen-bond donors (Lipinski definition) is 1. The van der Waals surface area contributed by atoms with Crippen LogP contribution in [0.1, 0.15) is 80.1 Å². The smallest absolute Gasteiger partial charge is 0.343 e. The Morgan fingerprint density at radius 3 is 2.41 bits per heavy atom. The van der Waals surface area contributed by atoms with E-state index in [1.54, 1.807) is 18.2 Å². The first kappa shape index (κ1) is 30.4. The van der Waals surface area contributed by atoms with E-state index in [-0.39, 0.29) is 40.6 Å². The summed E-state index contributed by atoms with van der Waals surface area (Å²) < 4.78 is 55.4. The average Bonchev–Trinajstić information content (AvgIpc) is 2.98. The molecule has 0 heterocycles. The molecule has 1 atom stereocenters. The van der Waals surface area contributed by atoms with Gasteiger partial charge in [0.25, 0.3) is 0 Å². The number of esters is 1. The fraction of sp³-hybridized carbons (Fsp3) is 0.382. The summed E-state index contributed by atoms with van der Waals surface area (Å²) in [6.45, 7) is 6.01. The summed E-state index contributed by atoms with van der Waals surface area (Å²) in [5.41, 5.74) is 1.07. The van der Waals surface area contributed by atoms with Crippen LogP contribution in [0.4, 0.5) is 13.2 Å². The fourth-order valence-corrected chi connectivity index (χ4v) is 5.47. The van der Waals surface area contributed by atoms with Gasteiger partial charge in [0.15, 0.2) is 23.2 Å². The van der Waals surface area contributed by atoms with Gasteiger partial charge >= 0.3 is 5.97 Å². The van der Waals surface area contributed by atoms with Crippen LogP contribution in [0.2, 0.25) is 0 Å². The van der Waals surface area contributed by atoms with E-state index in [1.165, 1.54) is 36.4 Å². The Labute approximate surface area is 239 Å². The molecule has 3 aromatic rings. The van der Waals surface area contributed by atoms with Crippen LogP contribution in [-0.2, 0) is 0 Å². The summed E-state index contributed by atoms with van der Waals surface area (Å²) in [6.07, 6.45) is 7.61.